The highest BCUT2D eigenvalue weighted by molar-refractivity contribution is 7.99. The molecular formula is C26H32N6O5S. The fraction of sp³-hybridized carbons (Fsp3) is 0.615. The third-order valence-corrected chi connectivity index (χ3v) is 8.83. The maximum Gasteiger partial charge on any atom is 0.231 e. The van der Waals surface area contributed by atoms with Gasteiger partial charge in [-0.25, -0.2) is 14.6 Å². The summed E-state index contributed by atoms with van der Waals surface area (Å²) in [7, 11) is 0. The number of aromatic nitrogens is 5. The third-order valence-electron chi connectivity index (χ3n) is 7.78. The Morgan fingerprint density at radius 1 is 1.13 bits per heavy atom. The summed E-state index contributed by atoms with van der Waals surface area (Å²) in [6.07, 6.45) is 2.26. The van der Waals surface area contributed by atoms with Crippen LogP contribution in [-0.2, 0) is 9.47 Å². The van der Waals surface area contributed by atoms with Crippen molar-refractivity contribution in [1.29, 1.82) is 0 Å². The van der Waals surface area contributed by atoms with Gasteiger partial charge in [-0.15, -0.1) is 5.10 Å². The lowest BCUT2D eigenvalue weighted by Gasteiger charge is -2.23. The van der Waals surface area contributed by atoms with Crippen molar-refractivity contribution in [3.63, 3.8) is 0 Å². The first-order valence-corrected chi connectivity index (χ1v) is 14.3. The van der Waals surface area contributed by atoms with Crippen LogP contribution in [0, 0.1) is 5.92 Å². The highest BCUT2D eigenvalue weighted by Crippen LogP contribution is 2.48. The molecule has 3 aromatic rings. The standard InChI is InChI=1S/C26H32N6O5S/c1-4-7-38-25-28-23(27-16-10-15(16)13-5-6-18-19(9-13)35-12-34-18)20-24(29-25)32(31-30-20)17-8-14(11-33)21-22(17)37-26(2,3)36-21/h5-6,9,14-17,21-22,33H,4,7-8,10-12H2,1-3H3,(H,27,28,29)/t14?,15-,16+,17?,21?,22?/m0/s1. The highest BCUT2D eigenvalue weighted by Gasteiger charge is 2.55. The van der Waals surface area contributed by atoms with Gasteiger partial charge in [0.15, 0.2) is 39.4 Å². The van der Waals surface area contributed by atoms with Crippen LogP contribution in [0.4, 0.5) is 5.82 Å². The molecule has 38 heavy (non-hydrogen) atoms. The fourth-order valence-electron chi connectivity index (χ4n) is 5.91. The zero-order chi connectivity index (χ0) is 26.0. The van der Waals surface area contributed by atoms with Gasteiger partial charge in [-0.1, -0.05) is 30.0 Å². The summed E-state index contributed by atoms with van der Waals surface area (Å²) in [6, 6.07) is 6.24. The van der Waals surface area contributed by atoms with Crippen molar-refractivity contribution in [2.75, 3.05) is 24.5 Å². The van der Waals surface area contributed by atoms with Gasteiger partial charge < -0.3 is 29.4 Å². The third kappa shape index (κ3) is 4.18. The summed E-state index contributed by atoms with van der Waals surface area (Å²) in [4.78, 5) is 9.73. The Labute approximate surface area is 224 Å². The van der Waals surface area contributed by atoms with E-state index in [1.165, 1.54) is 5.56 Å². The van der Waals surface area contributed by atoms with Crippen molar-refractivity contribution in [2.24, 2.45) is 5.92 Å². The lowest BCUT2D eigenvalue weighted by Crippen LogP contribution is -2.28. The van der Waals surface area contributed by atoms with Crippen LogP contribution in [0.1, 0.15) is 57.6 Å². The molecule has 4 aliphatic rings. The molecule has 1 saturated heterocycles. The Bertz CT molecular complexity index is 1370. The van der Waals surface area contributed by atoms with E-state index in [1.54, 1.807) is 11.8 Å². The van der Waals surface area contributed by atoms with Crippen LogP contribution in [0.3, 0.4) is 0 Å². The van der Waals surface area contributed by atoms with Gasteiger partial charge in [0.2, 0.25) is 6.79 Å². The molecule has 4 heterocycles. The van der Waals surface area contributed by atoms with E-state index < -0.39 is 5.79 Å². The second-order valence-electron chi connectivity index (χ2n) is 10.9. The largest absolute Gasteiger partial charge is 0.454 e. The number of thioether (sulfide) groups is 1. The predicted octanol–water partition coefficient (Wildman–Crippen LogP) is 3.49. The smallest absolute Gasteiger partial charge is 0.231 e. The van der Waals surface area contributed by atoms with Gasteiger partial charge in [-0.05, 0) is 50.8 Å². The van der Waals surface area contributed by atoms with Crippen molar-refractivity contribution < 1.29 is 24.1 Å². The Hall–Kier alpha value is -2.67. The lowest BCUT2D eigenvalue weighted by atomic mass is 10.1. The molecule has 4 unspecified atom stereocenters. The molecule has 12 heteroatoms. The highest BCUT2D eigenvalue weighted by atomic mass is 32.2. The Kier molecular flexibility index (Phi) is 5.91. The number of ether oxygens (including phenoxy) is 4. The molecule has 2 aliphatic heterocycles. The Balaban J connectivity index is 1.19. The number of hydrogen-bond acceptors (Lipinski definition) is 11. The normalized spacial score (nSPS) is 30.6. The van der Waals surface area contributed by atoms with Crippen LogP contribution in [-0.4, -0.2) is 73.3 Å². The molecule has 0 bridgehead atoms. The summed E-state index contributed by atoms with van der Waals surface area (Å²) in [6.45, 7) is 6.27. The van der Waals surface area contributed by atoms with Gasteiger partial charge in [0.05, 0.1) is 12.1 Å². The average molecular weight is 541 g/mol. The van der Waals surface area contributed by atoms with Gasteiger partial charge in [0.25, 0.3) is 0 Å². The number of rotatable bonds is 8. The van der Waals surface area contributed by atoms with E-state index in [0.29, 0.717) is 34.5 Å². The van der Waals surface area contributed by atoms with Crippen LogP contribution >= 0.6 is 11.8 Å². The summed E-state index contributed by atoms with van der Waals surface area (Å²) >= 11 is 1.63. The van der Waals surface area contributed by atoms with Crippen LogP contribution in [0.15, 0.2) is 23.4 Å². The predicted molar refractivity (Wildman–Crippen MR) is 140 cm³/mol. The first-order chi connectivity index (χ1) is 18.4. The summed E-state index contributed by atoms with van der Waals surface area (Å²) in [5.41, 5.74) is 2.54. The average Bonchev–Trinajstić information content (AvgIpc) is 3.24. The number of nitrogens with one attached hydrogen (secondary N) is 1. The molecule has 2 saturated carbocycles. The maximum absolute atomic E-state index is 10.0. The molecule has 2 N–H and O–H groups in total. The van der Waals surface area contributed by atoms with Gasteiger partial charge in [0.1, 0.15) is 6.10 Å². The minimum absolute atomic E-state index is 0.0338. The molecule has 1 aromatic carbocycles. The first-order valence-electron chi connectivity index (χ1n) is 13.3. The molecule has 202 valence electrons. The van der Waals surface area contributed by atoms with E-state index in [4.69, 9.17) is 28.9 Å². The topological polar surface area (TPSA) is 126 Å². The molecule has 6 atom stereocenters. The van der Waals surface area contributed by atoms with E-state index in [2.05, 4.69) is 34.7 Å². The quantitative estimate of drug-likeness (QED) is 0.322. The zero-order valence-corrected chi connectivity index (χ0v) is 22.5. The second-order valence-corrected chi connectivity index (χ2v) is 12.0. The molecule has 2 aliphatic carbocycles. The maximum atomic E-state index is 10.0. The zero-order valence-electron chi connectivity index (χ0n) is 21.7. The molecule has 0 spiro atoms. The Morgan fingerprint density at radius 2 is 1.97 bits per heavy atom. The number of nitrogens with zero attached hydrogens (tertiary/aromatic N) is 5. The van der Waals surface area contributed by atoms with E-state index in [9.17, 15) is 5.11 Å². The fourth-order valence-corrected chi connectivity index (χ4v) is 6.60. The van der Waals surface area contributed by atoms with Crippen LogP contribution < -0.4 is 14.8 Å². The minimum atomic E-state index is -0.711. The first kappa shape index (κ1) is 24.4. The molecule has 7 rings (SSSR count). The molecule has 11 nitrogen and oxygen atoms in total. The van der Waals surface area contributed by atoms with Gasteiger partial charge in [-0.3, -0.25) is 0 Å². The van der Waals surface area contributed by atoms with E-state index in [1.807, 2.05) is 24.6 Å². The van der Waals surface area contributed by atoms with Gasteiger partial charge in [0, 0.05) is 30.2 Å². The van der Waals surface area contributed by atoms with Crippen LogP contribution in [0.2, 0.25) is 0 Å². The van der Waals surface area contributed by atoms with Crippen molar-refractivity contribution in [3.05, 3.63) is 23.8 Å². The molecule has 2 aromatic heterocycles. The van der Waals surface area contributed by atoms with Crippen LogP contribution in [0.5, 0.6) is 11.5 Å². The van der Waals surface area contributed by atoms with Gasteiger partial charge >= 0.3 is 0 Å². The summed E-state index contributed by atoms with van der Waals surface area (Å²) < 4.78 is 25.3. The molecule has 3 fully saturated rings. The number of benzene rings is 1. The second kappa shape index (κ2) is 9.22. The lowest BCUT2D eigenvalue weighted by molar-refractivity contribution is -0.162. The minimum Gasteiger partial charge on any atom is -0.454 e. The van der Waals surface area contributed by atoms with Crippen molar-refractivity contribution >= 4 is 28.7 Å². The van der Waals surface area contributed by atoms with Crippen molar-refractivity contribution in [3.8, 4) is 11.5 Å². The monoisotopic (exact) mass is 540 g/mol. The number of hydrogen-bond donors (Lipinski definition) is 2. The molecule has 0 amide bonds. The Morgan fingerprint density at radius 3 is 2.82 bits per heavy atom. The summed E-state index contributed by atoms with van der Waals surface area (Å²) in [5, 5.41) is 23.4. The van der Waals surface area contributed by atoms with E-state index >= 15 is 0 Å². The van der Waals surface area contributed by atoms with E-state index in [-0.39, 0.29) is 43.6 Å². The number of aliphatic hydroxyl groups excluding tert-OH is 1. The molecule has 0 radical (unpaired) electrons. The van der Waals surface area contributed by atoms with Crippen molar-refractivity contribution in [2.45, 2.75) is 81.2 Å². The number of aliphatic hydroxyl groups is 1. The van der Waals surface area contributed by atoms with Crippen LogP contribution in [0.25, 0.3) is 11.2 Å². The molecular weight excluding hydrogens is 508 g/mol. The van der Waals surface area contributed by atoms with Gasteiger partial charge in [-0.2, -0.15) is 0 Å². The van der Waals surface area contributed by atoms with Crippen molar-refractivity contribution in [1.82, 2.24) is 25.0 Å². The number of anilines is 1. The van der Waals surface area contributed by atoms with E-state index in [0.717, 1.165) is 30.1 Å². The number of fused-ring (bicyclic) bond motifs is 3. The summed E-state index contributed by atoms with van der Waals surface area (Å²) in [5.74, 6) is 2.82. The SMILES string of the molecule is CCCSc1nc(N[C@@H]2C[C@H]2c2ccc3c(c2)OCO3)c2nnn(C3CC(CO)C4OC(C)(C)OC43)c2n1.